The van der Waals surface area contributed by atoms with Gasteiger partial charge in [-0.3, -0.25) is 0 Å². The lowest BCUT2D eigenvalue weighted by atomic mass is 9.52. The number of aromatic nitrogens is 3. The zero-order valence-electron chi connectivity index (χ0n) is 37.9. The first-order chi connectivity index (χ1) is 33.1. The molecule has 0 bridgehead atoms. The second kappa shape index (κ2) is 15.8. The summed E-state index contributed by atoms with van der Waals surface area (Å²) in [4.78, 5) is 15.5. The summed E-state index contributed by atoms with van der Waals surface area (Å²) in [6, 6.07) is 68.5. The Hall–Kier alpha value is -7.49. The van der Waals surface area contributed by atoms with Gasteiger partial charge in [0.05, 0.1) is 0 Å². The maximum absolute atomic E-state index is 5.22. The van der Waals surface area contributed by atoms with Gasteiger partial charge in [-0.25, -0.2) is 15.0 Å². The predicted molar refractivity (Wildman–Crippen MR) is 275 cm³/mol. The summed E-state index contributed by atoms with van der Waals surface area (Å²) >= 11 is 0. The first kappa shape index (κ1) is 39.8. The zero-order chi connectivity index (χ0) is 44.5. The lowest BCUT2D eigenvalue weighted by molar-refractivity contribution is 0.104. The van der Waals surface area contributed by atoms with Crippen molar-refractivity contribution in [2.75, 3.05) is 0 Å². The highest BCUT2D eigenvalue weighted by Crippen LogP contribution is 2.73. The number of nitrogens with zero attached hydrogens (tertiary/aromatic N) is 3. The molecule has 0 amide bonds. The van der Waals surface area contributed by atoms with Gasteiger partial charge in [0.25, 0.3) is 0 Å². The molecule has 9 aromatic rings. The molecule has 322 valence electrons. The van der Waals surface area contributed by atoms with E-state index in [1.807, 2.05) is 18.2 Å². The van der Waals surface area contributed by atoms with Crippen LogP contribution in [-0.4, -0.2) is 15.0 Å². The van der Waals surface area contributed by atoms with E-state index >= 15 is 0 Å². The Balaban J connectivity index is 0.948. The van der Waals surface area contributed by atoms with Crippen molar-refractivity contribution in [3.8, 4) is 67.5 Å². The zero-order valence-corrected chi connectivity index (χ0v) is 37.9. The van der Waals surface area contributed by atoms with Gasteiger partial charge in [0.2, 0.25) is 0 Å². The third-order valence-corrected chi connectivity index (χ3v) is 16.0. The molecule has 1 aromatic heterocycles. The second-order valence-electron chi connectivity index (χ2n) is 19.4. The molecule has 0 N–H and O–H groups in total. The van der Waals surface area contributed by atoms with Crippen molar-refractivity contribution in [1.82, 2.24) is 15.0 Å². The van der Waals surface area contributed by atoms with Crippen LogP contribution in [0, 0.1) is 11.3 Å². The highest BCUT2D eigenvalue weighted by Gasteiger charge is 2.65. The fourth-order valence-electron chi connectivity index (χ4n) is 13.1. The summed E-state index contributed by atoms with van der Waals surface area (Å²) in [5, 5.41) is 2.48. The Labute approximate surface area is 393 Å². The molecule has 2 unspecified atom stereocenters. The number of hydrogen-bond acceptors (Lipinski definition) is 3. The maximum Gasteiger partial charge on any atom is 0.164 e. The molecule has 13 rings (SSSR count). The van der Waals surface area contributed by atoms with Gasteiger partial charge in [0.15, 0.2) is 17.5 Å². The Morgan fingerprint density at radius 2 is 1.12 bits per heavy atom. The minimum absolute atomic E-state index is 0.105. The summed E-state index contributed by atoms with van der Waals surface area (Å²) in [5.74, 6) is 2.56. The third-order valence-electron chi connectivity index (χ3n) is 16.0. The average molecular weight is 862 g/mol. The quantitative estimate of drug-likeness (QED) is 0.160. The molecule has 4 aliphatic rings. The molecule has 1 saturated carbocycles. The van der Waals surface area contributed by atoms with E-state index in [-0.39, 0.29) is 10.8 Å². The van der Waals surface area contributed by atoms with Crippen LogP contribution < -0.4 is 0 Å². The summed E-state index contributed by atoms with van der Waals surface area (Å²) in [6.45, 7) is 2.66. The number of allylic oxidation sites excluding steroid dienone is 4. The first-order valence-corrected chi connectivity index (χ1v) is 24.3. The molecule has 0 saturated heterocycles. The van der Waals surface area contributed by atoms with Gasteiger partial charge in [0.1, 0.15) is 0 Å². The molecule has 0 radical (unpaired) electrons. The number of rotatable bonds is 7. The van der Waals surface area contributed by atoms with Gasteiger partial charge >= 0.3 is 0 Å². The monoisotopic (exact) mass is 861 g/mol. The highest BCUT2D eigenvalue weighted by atomic mass is 15.0. The Morgan fingerprint density at radius 1 is 0.507 bits per heavy atom. The van der Waals surface area contributed by atoms with E-state index in [9.17, 15) is 0 Å². The van der Waals surface area contributed by atoms with Crippen LogP contribution in [0.3, 0.4) is 0 Å². The molecule has 1 fully saturated rings. The van der Waals surface area contributed by atoms with Crippen LogP contribution in [-0.2, 0) is 11.8 Å². The normalized spacial score (nSPS) is 20.2. The van der Waals surface area contributed by atoms with Crippen molar-refractivity contribution in [2.45, 2.75) is 57.3 Å². The largest absolute Gasteiger partial charge is 0.208 e. The van der Waals surface area contributed by atoms with Crippen LogP contribution in [0.5, 0.6) is 0 Å². The molecule has 0 aliphatic heterocycles. The van der Waals surface area contributed by atoms with E-state index < -0.39 is 0 Å². The van der Waals surface area contributed by atoms with Crippen LogP contribution in [0.4, 0.5) is 0 Å². The molecule has 8 aromatic carbocycles. The standard InChI is InChI=1S/C64H51N3/c1-63-39-15-14-29-54(63)52-27-10-12-30-55(52)64(63)56-31-13-11-28-53(56)59-48(24-17-32-57(59)64)40-49-38-35-44-20-8-9-26-51(44)58(49)47-23-16-25-50(41-47)62-66-60(45-21-6-3-7-22-45)65-61(67-62)46-36-33-43(34-37-46)42-18-4-2-5-19-42/h2-11,13,16-28,31-38,41,54H,12,14-15,29-30,39-40H2,1H3/t54?,63?,64-/m1/s1. The van der Waals surface area contributed by atoms with Crippen molar-refractivity contribution < 1.29 is 0 Å². The van der Waals surface area contributed by atoms with Gasteiger partial charge in [-0.1, -0.05) is 219 Å². The van der Waals surface area contributed by atoms with Gasteiger partial charge in [0, 0.05) is 22.1 Å². The van der Waals surface area contributed by atoms with Crippen molar-refractivity contribution in [1.29, 1.82) is 0 Å². The van der Waals surface area contributed by atoms with Crippen LogP contribution >= 0.6 is 0 Å². The molecular formula is C64H51N3. The number of benzene rings is 8. The molecule has 1 heterocycles. The minimum Gasteiger partial charge on any atom is -0.208 e. The van der Waals surface area contributed by atoms with Gasteiger partial charge < -0.3 is 0 Å². The molecule has 3 nitrogen and oxygen atoms in total. The molecule has 67 heavy (non-hydrogen) atoms. The summed E-state index contributed by atoms with van der Waals surface area (Å²) < 4.78 is 0. The topological polar surface area (TPSA) is 38.7 Å². The van der Waals surface area contributed by atoms with E-state index in [1.54, 1.807) is 16.7 Å². The van der Waals surface area contributed by atoms with Crippen LogP contribution in [0.15, 0.2) is 211 Å². The van der Waals surface area contributed by atoms with Crippen LogP contribution in [0.1, 0.15) is 67.7 Å². The SMILES string of the molecule is CC12CCCCC1C1=C(CCC=C1)[C@]21c2ccccc2-c2c(Cc3ccc4ccccc4c3-c3cccc(-c4nc(-c5ccccc5)nc(-c5ccc(-c6ccccc6)cc5)n4)c3)cccc21. The predicted octanol–water partition coefficient (Wildman–Crippen LogP) is 16.1. The van der Waals surface area contributed by atoms with Crippen LogP contribution in [0.2, 0.25) is 0 Å². The van der Waals surface area contributed by atoms with E-state index in [0.29, 0.717) is 23.4 Å². The Kier molecular flexibility index (Phi) is 9.42. The van der Waals surface area contributed by atoms with Gasteiger partial charge in [-0.2, -0.15) is 0 Å². The Bertz CT molecular complexity index is 3460. The van der Waals surface area contributed by atoms with Gasteiger partial charge in [-0.05, 0) is 121 Å². The highest BCUT2D eigenvalue weighted by molar-refractivity contribution is 5.99. The smallest absolute Gasteiger partial charge is 0.164 e. The second-order valence-corrected chi connectivity index (χ2v) is 19.4. The summed E-state index contributed by atoms with van der Waals surface area (Å²) in [6.07, 6.45) is 13.3. The van der Waals surface area contributed by atoms with E-state index in [4.69, 9.17) is 15.0 Å². The number of fused-ring (bicyclic) bond motifs is 10. The van der Waals surface area contributed by atoms with Crippen molar-refractivity contribution in [2.24, 2.45) is 11.3 Å². The number of hydrogen-bond donors (Lipinski definition) is 0. The molecule has 3 heteroatoms. The third kappa shape index (κ3) is 6.21. The molecule has 1 spiro atoms. The van der Waals surface area contributed by atoms with Gasteiger partial charge in [-0.15, -0.1) is 0 Å². The summed E-state index contributed by atoms with van der Waals surface area (Å²) in [7, 11) is 0. The van der Waals surface area contributed by atoms with Crippen LogP contribution in [0.25, 0.3) is 78.3 Å². The maximum atomic E-state index is 5.22. The van der Waals surface area contributed by atoms with Crippen molar-refractivity contribution in [3.05, 3.63) is 234 Å². The van der Waals surface area contributed by atoms with E-state index in [1.165, 1.54) is 75.4 Å². The fourth-order valence-corrected chi connectivity index (χ4v) is 13.1. The molecular weight excluding hydrogens is 811 g/mol. The molecule has 4 aliphatic carbocycles. The Morgan fingerprint density at radius 3 is 1.94 bits per heavy atom. The lowest BCUT2D eigenvalue weighted by Crippen LogP contribution is -2.46. The van der Waals surface area contributed by atoms with Crippen molar-refractivity contribution >= 4 is 10.8 Å². The first-order valence-electron chi connectivity index (χ1n) is 24.3. The molecule has 3 atom stereocenters. The van der Waals surface area contributed by atoms with E-state index in [0.717, 1.165) is 47.1 Å². The fraction of sp³-hybridized carbons (Fsp3) is 0.172. The average Bonchev–Trinajstić information content (AvgIpc) is 3.84. The lowest BCUT2D eigenvalue weighted by Gasteiger charge is -2.50. The van der Waals surface area contributed by atoms with E-state index in [2.05, 4.69) is 189 Å². The van der Waals surface area contributed by atoms with Crippen molar-refractivity contribution in [3.63, 3.8) is 0 Å². The minimum atomic E-state index is -0.105. The summed E-state index contributed by atoms with van der Waals surface area (Å²) in [5.41, 5.74) is 19.7.